The molecule has 0 bridgehead atoms. The van der Waals surface area contributed by atoms with Gasteiger partial charge in [0.25, 0.3) is 5.69 Å². The van der Waals surface area contributed by atoms with E-state index in [1.807, 2.05) is 0 Å². The van der Waals surface area contributed by atoms with Crippen LogP contribution in [-0.2, 0) is 6.18 Å². The zero-order valence-electron chi connectivity index (χ0n) is 9.73. The van der Waals surface area contributed by atoms with E-state index in [4.69, 9.17) is 0 Å². The van der Waals surface area contributed by atoms with Gasteiger partial charge in [0.15, 0.2) is 0 Å². The van der Waals surface area contributed by atoms with Crippen LogP contribution in [0.2, 0.25) is 0 Å². The Morgan fingerprint density at radius 1 is 1.33 bits per heavy atom. The van der Waals surface area contributed by atoms with Crippen molar-refractivity contribution in [2.45, 2.75) is 6.18 Å². The number of halogens is 3. The topological polar surface area (TPSA) is 46.4 Å². The first-order valence-electron chi connectivity index (χ1n) is 4.92. The molecule has 0 saturated carbocycles. The van der Waals surface area contributed by atoms with Crippen molar-refractivity contribution in [1.82, 2.24) is 4.90 Å². The van der Waals surface area contributed by atoms with Crippen molar-refractivity contribution < 1.29 is 18.1 Å². The molecule has 0 saturated heterocycles. The van der Waals surface area contributed by atoms with Crippen molar-refractivity contribution in [3.63, 3.8) is 0 Å². The normalized spacial score (nSPS) is 11.8. The summed E-state index contributed by atoms with van der Waals surface area (Å²) >= 11 is 0. The molecule has 0 radical (unpaired) electrons. The van der Waals surface area contributed by atoms with E-state index in [1.165, 1.54) is 12.3 Å². The van der Waals surface area contributed by atoms with Gasteiger partial charge in [0.1, 0.15) is 0 Å². The summed E-state index contributed by atoms with van der Waals surface area (Å²) in [5, 5.41) is 10.7. The number of benzene rings is 1. The van der Waals surface area contributed by atoms with E-state index < -0.39 is 22.4 Å². The summed E-state index contributed by atoms with van der Waals surface area (Å²) < 4.78 is 37.3. The Morgan fingerprint density at radius 2 is 1.94 bits per heavy atom. The fraction of sp³-hybridized carbons (Fsp3) is 0.273. The molecule has 0 unspecified atom stereocenters. The summed E-state index contributed by atoms with van der Waals surface area (Å²) in [5.41, 5.74) is -1.47. The van der Waals surface area contributed by atoms with E-state index >= 15 is 0 Å². The monoisotopic (exact) mass is 260 g/mol. The molecule has 7 heteroatoms. The quantitative estimate of drug-likeness (QED) is 0.619. The van der Waals surface area contributed by atoms with E-state index in [-0.39, 0.29) is 5.56 Å². The van der Waals surface area contributed by atoms with Gasteiger partial charge in [-0.15, -0.1) is 0 Å². The third-order valence-corrected chi connectivity index (χ3v) is 2.11. The summed E-state index contributed by atoms with van der Waals surface area (Å²) in [6.45, 7) is 0. The highest BCUT2D eigenvalue weighted by atomic mass is 19.4. The summed E-state index contributed by atoms with van der Waals surface area (Å²) in [6.07, 6.45) is -1.68. The van der Waals surface area contributed by atoms with Crippen LogP contribution in [0.1, 0.15) is 11.1 Å². The Morgan fingerprint density at radius 3 is 2.39 bits per heavy atom. The molecule has 0 N–H and O–H groups in total. The molecule has 0 fully saturated rings. The minimum atomic E-state index is -4.59. The fourth-order valence-electron chi connectivity index (χ4n) is 1.25. The highest BCUT2D eigenvalue weighted by Gasteiger charge is 2.32. The van der Waals surface area contributed by atoms with Crippen molar-refractivity contribution in [3.8, 4) is 0 Å². The lowest BCUT2D eigenvalue weighted by atomic mass is 10.1. The highest BCUT2D eigenvalue weighted by molar-refractivity contribution is 5.61. The zero-order chi connectivity index (χ0) is 13.9. The number of rotatable bonds is 3. The molecule has 18 heavy (non-hydrogen) atoms. The maximum atomic E-state index is 12.4. The van der Waals surface area contributed by atoms with Gasteiger partial charge >= 0.3 is 6.18 Å². The Kier molecular flexibility index (Phi) is 3.95. The molecular weight excluding hydrogens is 249 g/mol. The van der Waals surface area contributed by atoms with E-state index in [1.54, 1.807) is 19.0 Å². The minimum absolute atomic E-state index is 0.127. The van der Waals surface area contributed by atoms with E-state index in [0.29, 0.717) is 6.07 Å². The molecule has 4 nitrogen and oxygen atoms in total. The van der Waals surface area contributed by atoms with Crippen LogP contribution in [0.5, 0.6) is 0 Å². The first kappa shape index (κ1) is 14.0. The summed E-state index contributed by atoms with van der Waals surface area (Å²) in [5.74, 6) is 0. The summed E-state index contributed by atoms with van der Waals surface area (Å²) in [4.78, 5) is 11.5. The second-order valence-electron chi connectivity index (χ2n) is 3.81. The molecule has 0 amide bonds. The third kappa shape index (κ3) is 3.47. The maximum Gasteiger partial charge on any atom is 0.416 e. The molecule has 0 aliphatic heterocycles. The molecule has 0 aliphatic rings. The number of nitrogens with zero attached hydrogens (tertiary/aromatic N) is 2. The molecule has 1 rings (SSSR count). The van der Waals surface area contributed by atoms with Crippen molar-refractivity contribution >= 4 is 11.8 Å². The molecule has 0 aromatic heterocycles. The van der Waals surface area contributed by atoms with Crippen LogP contribution in [0.25, 0.3) is 6.08 Å². The second-order valence-corrected chi connectivity index (χ2v) is 3.81. The molecule has 0 atom stereocenters. The lowest BCUT2D eigenvalue weighted by molar-refractivity contribution is -0.385. The minimum Gasteiger partial charge on any atom is -0.383 e. The molecule has 1 aromatic rings. The van der Waals surface area contributed by atoms with Gasteiger partial charge in [0, 0.05) is 20.2 Å². The summed E-state index contributed by atoms with van der Waals surface area (Å²) in [7, 11) is 3.40. The molecule has 0 heterocycles. The SMILES string of the molecule is CN(C)/C=C/c1ccc(C(F)(F)F)cc1[N+](=O)[O-]. The van der Waals surface area contributed by atoms with Gasteiger partial charge in [0.05, 0.1) is 16.1 Å². The predicted octanol–water partition coefficient (Wildman–Crippen LogP) is 3.15. The smallest absolute Gasteiger partial charge is 0.383 e. The van der Waals surface area contributed by atoms with E-state index in [9.17, 15) is 23.3 Å². The lowest BCUT2D eigenvalue weighted by Gasteiger charge is -2.08. The van der Waals surface area contributed by atoms with Crippen LogP contribution in [0.4, 0.5) is 18.9 Å². The number of alkyl halides is 3. The van der Waals surface area contributed by atoms with Crippen LogP contribution in [-0.4, -0.2) is 23.9 Å². The Hall–Kier alpha value is -2.05. The van der Waals surface area contributed by atoms with Gasteiger partial charge in [-0.3, -0.25) is 10.1 Å². The maximum absolute atomic E-state index is 12.4. The van der Waals surface area contributed by atoms with Crippen LogP contribution >= 0.6 is 0 Å². The van der Waals surface area contributed by atoms with Crippen molar-refractivity contribution in [2.75, 3.05) is 14.1 Å². The zero-order valence-corrected chi connectivity index (χ0v) is 9.73. The molecule has 0 spiro atoms. The first-order valence-corrected chi connectivity index (χ1v) is 4.92. The van der Waals surface area contributed by atoms with Crippen LogP contribution < -0.4 is 0 Å². The fourth-order valence-corrected chi connectivity index (χ4v) is 1.25. The predicted molar refractivity (Wildman–Crippen MR) is 60.8 cm³/mol. The third-order valence-electron chi connectivity index (χ3n) is 2.11. The van der Waals surface area contributed by atoms with Gasteiger partial charge in [-0.2, -0.15) is 13.2 Å². The van der Waals surface area contributed by atoms with Gasteiger partial charge in [-0.05, 0) is 24.4 Å². The standard InChI is InChI=1S/C11H11F3N2O2/c1-15(2)6-5-8-3-4-9(11(12,13)14)7-10(8)16(17)18/h3-7H,1-2H3/b6-5+. The van der Waals surface area contributed by atoms with E-state index in [2.05, 4.69) is 0 Å². The van der Waals surface area contributed by atoms with Gasteiger partial charge in [0.2, 0.25) is 0 Å². The van der Waals surface area contributed by atoms with Crippen molar-refractivity contribution in [2.24, 2.45) is 0 Å². The number of nitro groups is 1. The summed E-state index contributed by atoms with van der Waals surface area (Å²) in [6, 6.07) is 2.44. The van der Waals surface area contributed by atoms with Crippen LogP contribution in [0.15, 0.2) is 24.4 Å². The van der Waals surface area contributed by atoms with Crippen molar-refractivity contribution in [1.29, 1.82) is 0 Å². The van der Waals surface area contributed by atoms with Gasteiger partial charge in [-0.25, -0.2) is 0 Å². The Labute approximate surface area is 101 Å². The largest absolute Gasteiger partial charge is 0.416 e. The number of hydrogen-bond acceptors (Lipinski definition) is 3. The second kappa shape index (κ2) is 5.07. The van der Waals surface area contributed by atoms with E-state index in [0.717, 1.165) is 12.1 Å². The number of nitro benzene ring substituents is 1. The highest BCUT2D eigenvalue weighted by Crippen LogP contribution is 2.33. The Balaban J connectivity index is 3.25. The number of hydrogen-bond donors (Lipinski definition) is 0. The van der Waals surface area contributed by atoms with Crippen LogP contribution in [0, 0.1) is 10.1 Å². The van der Waals surface area contributed by atoms with Crippen LogP contribution in [0.3, 0.4) is 0 Å². The Bertz CT molecular complexity index is 482. The van der Waals surface area contributed by atoms with Gasteiger partial charge < -0.3 is 4.90 Å². The lowest BCUT2D eigenvalue weighted by Crippen LogP contribution is -2.06. The molecular formula is C11H11F3N2O2. The van der Waals surface area contributed by atoms with Gasteiger partial charge in [-0.1, -0.05) is 0 Å². The average Bonchev–Trinajstić information content (AvgIpc) is 2.24. The van der Waals surface area contributed by atoms with Crippen molar-refractivity contribution in [3.05, 3.63) is 45.6 Å². The molecule has 0 aliphatic carbocycles. The molecule has 1 aromatic carbocycles. The average molecular weight is 260 g/mol. The molecule has 98 valence electrons. The first-order chi connectivity index (χ1) is 8.21.